The summed E-state index contributed by atoms with van der Waals surface area (Å²) in [5, 5.41) is 5.94. The first-order chi connectivity index (χ1) is 9.63. The van der Waals surface area contributed by atoms with Crippen LogP contribution in [0.5, 0.6) is 0 Å². The molecule has 0 radical (unpaired) electrons. The van der Waals surface area contributed by atoms with Crippen LogP contribution in [0.4, 0.5) is 10.1 Å². The number of hydrogen-bond acceptors (Lipinski definition) is 2. The van der Waals surface area contributed by atoms with Crippen LogP contribution in [-0.2, 0) is 0 Å². The lowest BCUT2D eigenvalue weighted by Gasteiger charge is -2.06. The minimum absolute atomic E-state index is 0.234. The average molecular weight is 285 g/mol. The lowest BCUT2D eigenvalue weighted by molar-refractivity contribution is 0.102. The summed E-state index contributed by atoms with van der Waals surface area (Å²) >= 11 is 1.66. The van der Waals surface area contributed by atoms with Crippen LogP contribution in [0.1, 0.15) is 15.9 Å². The summed E-state index contributed by atoms with van der Waals surface area (Å²) in [4.78, 5) is 12.1. The highest BCUT2D eigenvalue weighted by Crippen LogP contribution is 2.24. The molecule has 4 heteroatoms. The second-order valence-corrected chi connectivity index (χ2v) is 5.54. The highest BCUT2D eigenvalue weighted by atomic mass is 32.1. The van der Waals surface area contributed by atoms with Gasteiger partial charge in [0.25, 0.3) is 5.91 Å². The second-order valence-electron chi connectivity index (χ2n) is 4.59. The van der Waals surface area contributed by atoms with E-state index in [-0.39, 0.29) is 11.7 Å². The molecular weight excluding hydrogens is 273 g/mol. The molecule has 1 amide bonds. The second kappa shape index (κ2) is 5.06. The molecule has 0 unspecified atom stereocenters. The molecule has 0 aliphatic rings. The van der Waals surface area contributed by atoms with E-state index in [4.69, 9.17) is 0 Å². The number of nitrogens with one attached hydrogen (secondary N) is 1. The highest BCUT2D eigenvalue weighted by molar-refractivity contribution is 7.17. The molecule has 0 spiro atoms. The predicted molar refractivity (Wildman–Crippen MR) is 80.9 cm³/mol. The third kappa shape index (κ3) is 2.42. The van der Waals surface area contributed by atoms with Gasteiger partial charge in [-0.1, -0.05) is 0 Å². The molecule has 0 saturated heterocycles. The molecule has 2 aromatic carbocycles. The monoisotopic (exact) mass is 285 g/mol. The van der Waals surface area contributed by atoms with E-state index in [0.717, 1.165) is 11.1 Å². The number of aryl methyl sites for hydroxylation is 1. The number of hydrogen-bond donors (Lipinski definition) is 1. The average Bonchev–Trinajstić information content (AvgIpc) is 2.89. The Bertz CT molecular complexity index is 794. The van der Waals surface area contributed by atoms with Crippen molar-refractivity contribution in [3.8, 4) is 0 Å². The molecular formula is C16H12FNOS. The van der Waals surface area contributed by atoms with Gasteiger partial charge in [0.05, 0.1) is 0 Å². The summed E-state index contributed by atoms with van der Waals surface area (Å²) in [5.74, 6) is -0.538. The molecule has 0 fully saturated rings. The van der Waals surface area contributed by atoms with Gasteiger partial charge in [0, 0.05) is 16.0 Å². The third-order valence-electron chi connectivity index (χ3n) is 3.13. The van der Waals surface area contributed by atoms with Crippen molar-refractivity contribution in [3.05, 3.63) is 64.8 Å². The molecule has 1 N–H and O–H groups in total. The Kier molecular flexibility index (Phi) is 3.24. The molecule has 1 aromatic heterocycles. The van der Waals surface area contributed by atoms with E-state index in [1.807, 2.05) is 29.6 Å². The summed E-state index contributed by atoms with van der Waals surface area (Å²) in [5.41, 5.74) is 1.66. The van der Waals surface area contributed by atoms with E-state index in [9.17, 15) is 9.18 Å². The fraction of sp³-hybridized carbons (Fsp3) is 0.0625. The van der Waals surface area contributed by atoms with E-state index in [0.29, 0.717) is 11.1 Å². The summed E-state index contributed by atoms with van der Waals surface area (Å²) in [6.45, 7) is 1.64. The van der Waals surface area contributed by atoms with Crippen LogP contribution >= 0.6 is 11.3 Å². The van der Waals surface area contributed by atoms with Gasteiger partial charge in [0.15, 0.2) is 0 Å². The van der Waals surface area contributed by atoms with Crippen molar-refractivity contribution in [1.29, 1.82) is 0 Å². The lowest BCUT2D eigenvalue weighted by atomic mass is 10.1. The standard InChI is InChI=1S/C16H12FNOS/c1-10-8-12(2-4-14(10)17)16(19)18-13-3-5-15-11(9-13)6-7-20-15/h2-9H,1H3,(H,18,19). The topological polar surface area (TPSA) is 29.1 Å². The van der Waals surface area contributed by atoms with Crippen LogP contribution in [0.3, 0.4) is 0 Å². The fourth-order valence-electron chi connectivity index (χ4n) is 2.03. The number of amides is 1. The summed E-state index contributed by atoms with van der Waals surface area (Å²) in [6.07, 6.45) is 0. The number of halogens is 1. The number of carbonyl (C=O) groups excluding carboxylic acids is 1. The molecule has 3 aromatic rings. The lowest BCUT2D eigenvalue weighted by Crippen LogP contribution is -2.12. The molecule has 3 rings (SSSR count). The van der Waals surface area contributed by atoms with Crippen molar-refractivity contribution in [2.75, 3.05) is 5.32 Å². The molecule has 0 bridgehead atoms. The zero-order chi connectivity index (χ0) is 14.1. The van der Waals surface area contributed by atoms with Gasteiger partial charge in [-0.2, -0.15) is 0 Å². The Balaban J connectivity index is 1.85. The molecule has 2 nitrogen and oxygen atoms in total. The van der Waals surface area contributed by atoms with Crippen LogP contribution in [0.2, 0.25) is 0 Å². The summed E-state index contributed by atoms with van der Waals surface area (Å²) < 4.78 is 14.4. The Morgan fingerprint density at radius 3 is 2.80 bits per heavy atom. The van der Waals surface area contributed by atoms with E-state index in [1.165, 1.54) is 16.8 Å². The van der Waals surface area contributed by atoms with Gasteiger partial charge in [-0.3, -0.25) is 4.79 Å². The first-order valence-corrected chi connectivity index (χ1v) is 7.06. The minimum Gasteiger partial charge on any atom is -0.322 e. The minimum atomic E-state index is -0.304. The van der Waals surface area contributed by atoms with Crippen LogP contribution in [0.25, 0.3) is 10.1 Å². The highest BCUT2D eigenvalue weighted by Gasteiger charge is 2.08. The number of rotatable bonds is 2. The van der Waals surface area contributed by atoms with Crippen molar-refractivity contribution >= 4 is 33.0 Å². The van der Waals surface area contributed by atoms with Gasteiger partial charge in [-0.25, -0.2) is 4.39 Å². The molecule has 0 aliphatic heterocycles. The van der Waals surface area contributed by atoms with E-state index >= 15 is 0 Å². The first-order valence-electron chi connectivity index (χ1n) is 6.18. The largest absolute Gasteiger partial charge is 0.322 e. The van der Waals surface area contributed by atoms with Gasteiger partial charge in [-0.05, 0) is 65.7 Å². The molecule has 1 heterocycles. The van der Waals surface area contributed by atoms with Crippen molar-refractivity contribution in [3.63, 3.8) is 0 Å². The van der Waals surface area contributed by atoms with E-state index in [2.05, 4.69) is 5.32 Å². The van der Waals surface area contributed by atoms with Crippen molar-refractivity contribution in [2.24, 2.45) is 0 Å². The molecule has 100 valence electrons. The Hall–Kier alpha value is -2.20. The van der Waals surface area contributed by atoms with E-state index in [1.54, 1.807) is 24.3 Å². The Labute approximate surface area is 119 Å². The Morgan fingerprint density at radius 2 is 2.00 bits per heavy atom. The van der Waals surface area contributed by atoms with Crippen molar-refractivity contribution in [1.82, 2.24) is 0 Å². The summed E-state index contributed by atoms with van der Waals surface area (Å²) in [6, 6.07) is 12.1. The van der Waals surface area contributed by atoms with Gasteiger partial charge in [-0.15, -0.1) is 11.3 Å². The molecule has 0 aliphatic carbocycles. The smallest absolute Gasteiger partial charge is 0.255 e. The number of benzene rings is 2. The predicted octanol–water partition coefficient (Wildman–Crippen LogP) is 4.60. The van der Waals surface area contributed by atoms with E-state index < -0.39 is 0 Å². The first kappa shape index (κ1) is 12.8. The quantitative estimate of drug-likeness (QED) is 0.732. The number of thiophene rings is 1. The maximum Gasteiger partial charge on any atom is 0.255 e. The molecule has 20 heavy (non-hydrogen) atoms. The SMILES string of the molecule is Cc1cc(C(=O)Nc2ccc3sccc3c2)ccc1F. The van der Waals surface area contributed by atoms with Gasteiger partial charge in [0.2, 0.25) is 0 Å². The number of fused-ring (bicyclic) bond motifs is 1. The van der Waals surface area contributed by atoms with Crippen LogP contribution < -0.4 is 5.32 Å². The zero-order valence-corrected chi connectivity index (χ0v) is 11.6. The zero-order valence-electron chi connectivity index (χ0n) is 10.8. The van der Waals surface area contributed by atoms with Crippen LogP contribution in [-0.4, -0.2) is 5.91 Å². The summed E-state index contributed by atoms with van der Waals surface area (Å²) in [7, 11) is 0. The number of anilines is 1. The maximum absolute atomic E-state index is 13.2. The third-order valence-corrected chi connectivity index (χ3v) is 4.03. The maximum atomic E-state index is 13.2. The van der Waals surface area contributed by atoms with Crippen molar-refractivity contribution in [2.45, 2.75) is 6.92 Å². The van der Waals surface area contributed by atoms with Crippen LogP contribution in [0, 0.1) is 12.7 Å². The van der Waals surface area contributed by atoms with Gasteiger partial charge >= 0.3 is 0 Å². The fourth-order valence-corrected chi connectivity index (χ4v) is 2.80. The normalized spacial score (nSPS) is 10.7. The van der Waals surface area contributed by atoms with Gasteiger partial charge < -0.3 is 5.32 Å². The van der Waals surface area contributed by atoms with Crippen LogP contribution in [0.15, 0.2) is 47.8 Å². The Morgan fingerprint density at radius 1 is 1.15 bits per heavy atom. The molecule has 0 saturated carbocycles. The number of carbonyl (C=O) groups is 1. The van der Waals surface area contributed by atoms with Gasteiger partial charge in [0.1, 0.15) is 5.82 Å². The van der Waals surface area contributed by atoms with Crippen molar-refractivity contribution < 1.29 is 9.18 Å². The molecule has 0 atom stereocenters.